The molecule has 0 unspecified atom stereocenters. The van der Waals surface area contributed by atoms with Crippen molar-refractivity contribution in [3.05, 3.63) is 29.3 Å². The van der Waals surface area contributed by atoms with Crippen molar-refractivity contribution in [2.75, 3.05) is 26.2 Å². The predicted octanol–water partition coefficient (Wildman–Crippen LogP) is 3.87. The van der Waals surface area contributed by atoms with E-state index in [2.05, 4.69) is 11.1 Å². The zero-order valence-electron chi connectivity index (χ0n) is 16.4. The monoisotopic (exact) mass is 399 g/mol. The van der Waals surface area contributed by atoms with E-state index in [9.17, 15) is 9.59 Å². The van der Waals surface area contributed by atoms with Gasteiger partial charge in [0.15, 0.2) is 0 Å². The van der Waals surface area contributed by atoms with Gasteiger partial charge >= 0.3 is 0 Å². The molecule has 28 heavy (non-hydrogen) atoms. The van der Waals surface area contributed by atoms with Crippen LogP contribution in [-0.4, -0.2) is 52.8 Å². The van der Waals surface area contributed by atoms with E-state index in [1.165, 1.54) is 30.4 Å². The van der Waals surface area contributed by atoms with E-state index in [-0.39, 0.29) is 11.8 Å². The highest BCUT2D eigenvalue weighted by molar-refractivity contribution is 7.18. The smallest absolute Gasteiger partial charge is 0.223 e. The Hall–Kier alpha value is -1.95. The lowest BCUT2D eigenvalue weighted by molar-refractivity contribution is -0.139. The molecule has 0 bridgehead atoms. The fourth-order valence-electron chi connectivity index (χ4n) is 4.39. The van der Waals surface area contributed by atoms with Crippen molar-refractivity contribution in [1.29, 1.82) is 0 Å². The molecule has 150 valence electrons. The fourth-order valence-corrected chi connectivity index (χ4v) is 5.36. The molecule has 1 aliphatic heterocycles. The number of hydrogen-bond donors (Lipinski definition) is 0. The Morgan fingerprint density at radius 1 is 0.964 bits per heavy atom. The number of thiazole rings is 1. The van der Waals surface area contributed by atoms with Crippen LogP contribution in [0.3, 0.4) is 0 Å². The lowest BCUT2D eigenvalue weighted by atomic mass is 10.0. The first-order valence-electron chi connectivity index (χ1n) is 10.6. The summed E-state index contributed by atoms with van der Waals surface area (Å²) in [4.78, 5) is 33.5. The standard InChI is InChI=1S/C22H29N3O2S/c26-21(11-9-17-5-1-2-6-17)24-13-15-25(16-14-24)22(27)12-10-20-23-18-7-3-4-8-19(18)28-20/h3-4,7-8,17H,1-2,5-6,9-16H2. The zero-order chi connectivity index (χ0) is 19.3. The minimum atomic E-state index is 0.178. The van der Waals surface area contributed by atoms with Gasteiger partial charge in [-0.15, -0.1) is 11.3 Å². The third-order valence-corrected chi connectivity index (χ3v) is 7.21. The van der Waals surface area contributed by atoms with Gasteiger partial charge in [0.25, 0.3) is 0 Å². The molecular formula is C22H29N3O2S. The van der Waals surface area contributed by atoms with Gasteiger partial charge in [-0.25, -0.2) is 4.98 Å². The first-order chi connectivity index (χ1) is 13.7. The number of aryl methyl sites for hydroxylation is 1. The van der Waals surface area contributed by atoms with Gasteiger partial charge in [0.2, 0.25) is 11.8 Å². The summed E-state index contributed by atoms with van der Waals surface area (Å²) in [7, 11) is 0. The van der Waals surface area contributed by atoms with E-state index in [0.717, 1.165) is 22.9 Å². The molecule has 1 saturated heterocycles. The Labute approximate surface area is 170 Å². The van der Waals surface area contributed by atoms with Crippen LogP contribution in [0.15, 0.2) is 24.3 Å². The van der Waals surface area contributed by atoms with Crippen molar-refractivity contribution in [3.63, 3.8) is 0 Å². The van der Waals surface area contributed by atoms with Gasteiger partial charge in [-0.2, -0.15) is 0 Å². The normalized spacial score (nSPS) is 18.1. The second-order valence-corrected chi connectivity index (χ2v) is 9.14. The van der Waals surface area contributed by atoms with Crippen molar-refractivity contribution in [3.8, 4) is 0 Å². The Morgan fingerprint density at radius 3 is 2.29 bits per heavy atom. The largest absolute Gasteiger partial charge is 0.339 e. The molecule has 0 atom stereocenters. The molecule has 5 nitrogen and oxygen atoms in total. The van der Waals surface area contributed by atoms with E-state index in [0.29, 0.717) is 45.4 Å². The zero-order valence-corrected chi connectivity index (χ0v) is 17.3. The average Bonchev–Trinajstić information content (AvgIpc) is 3.39. The van der Waals surface area contributed by atoms with E-state index in [4.69, 9.17) is 0 Å². The number of aromatic nitrogens is 1. The van der Waals surface area contributed by atoms with Gasteiger partial charge in [0.05, 0.1) is 15.2 Å². The number of fused-ring (bicyclic) bond motifs is 1. The highest BCUT2D eigenvalue weighted by atomic mass is 32.1. The third-order valence-electron chi connectivity index (χ3n) is 6.12. The molecule has 2 heterocycles. The van der Waals surface area contributed by atoms with Crippen molar-refractivity contribution < 1.29 is 9.59 Å². The van der Waals surface area contributed by atoms with E-state index < -0.39 is 0 Å². The average molecular weight is 400 g/mol. The number of carbonyl (C=O) groups is 2. The van der Waals surface area contributed by atoms with Crippen molar-refractivity contribution in [1.82, 2.24) is 14.8 Å². The van der Waals surface area contributed by atoms with Gasteiger partial charge in [-0.3, -0.25) is 9.59 Å². The van der Waals surface area contributed by atoms with Crippen molar-refractivity contribution in [2.45, 2.75) is 51.4 Å². The van der Waals surface area contributed by atoms with Crippen LogP contribution < -0.4 is 0 Å². The first-order valence-corrected chi connectivity index (χ1v) is 11.4. The molecule has 1 saturated carbocycles. The van der Waals surface area contributed by atoms with E-state index >= 15 is 0 Å². The lowest BCUT2D eigenvalue weighted by Gasteiger charge is -2.35. The summed E-state index contributed by atoms with van der Waals surface area (Å²) in [6.07, 6.45) is 8.16. The van der Waals surface area contributed by atoms with E-state index in [1.807, 2.05) is 28.0 Å². The summed E-state index contributed by atoms with van der Waals surface area (Å²) >= 11 is 1.67. The van der Waals surface area contributed by atoms with Crippen molar-refractivity contribution in [2.24, 2.45) is 5.92 Å². The first kappa shape index (κ1) is 19.4. The maximum absolute atomic E-state index is 12.6. The van der Waals surface area contributed by atoms with Gasteiger partial charge in [0.1, 0.15) is 0 Å². The number of rotatable bonds is 6. The predicted molar refractivity (Wildman–Crippen MR) is 112 cm³/mol. The second kappa shape index (κ2) is 9.03. The molecule has 2 aromatic rings. The van der Waals surface area contributed by atoms with Gasteiger partial charge in [-0.1, -0.05) is 37.8 Å². The Morgan fingerprint density at radius 2 is 1.61 bits per heavy atom. The summed E-state index contributed by atoms with van der Waals surface area (Å²) in [5.41, 5.74) is 1.01. The number of piperazine rings is 1. The van der Waals surface area contributed by atoms with Crippen LogP contribution >= 0.6 is 11.3 Å². The van der Waals surface area contributed by atoms with Crippen LogP contribution in [0.4, 0.5) is 0 Å². The molecule has 4 rings (SSSR count). The quantitative estimate of drug-likeness (QED) is 0.741. The van der Waals surface area contributed by atoms with Crippen LogP contribution in [0.25, 0.3) is 10.2 Å². The van der Waals surface area contributed by atoms with Gasteiger partial charge in [-0.05, 0) is 24.5 Å². The highest BCUT2D eigenvalue weighted by Gasteiger charge is 2.25. The number of carbonyl (C=O) groups excluding carboxylic acids is 2. The van der Waals surface area contributed by atoms with Crippen LogP contribution in [0.5, 0.6) is 0 Å². The minimum absolute atomic E-state index is 0.178. The van der Waals surface area contributed by atoms with Crippen LogP contribution in [0.2, 0.25) is 0 Å². The van der Waals surface area contributed by atoms with Crippen LogP contribution in [0.1, 0.15) is 50.0 Å². The number of amides is 2. The molecule has 2 amide bonds. The van der Waals surface area contributed by atoms with Crippen LogP contribution in [-0.2, 0) is 16.0 Å². The molecule has 0 N–H and O–H groups in total. The van der Waals surface area contributed by atoms with Crippen molar-refractivity contribution >= 4 is 33.4 Å². The third kappa shape index (κ3) is 4.72. The Bertz CT molecular complexity index is 787. The SMILES string of the molecule is O=C(CCc1nc2ccccc2s1)N1CCN(C(=O)CCC2CCCC2)CC1. The molecule has 2 fully saturated rings. The summed E-state index contributed by atoms with van der Waals surface area (Å²) in [6, 6.07) is 8.09. The fraction of sp³-hybridized carbons (Fsp3) is 0.591. The summed E-state index contributed by atoms with van der Waals surface area (Å²) in [6.45, 7) is 2.68. The maximum Gasteiger partial charge on any atom is 0.223 e. The van der Waals surface area contributed by atoms with Crippen LogP contribution in [0, 0.1) is 5.92 Å². The molecule has 0 spiro atoms. The molecular weight excluding hydrogens is 370 g/mol. The van der Waals surface area contributed by atoms with E-state index in [1.54, 1.807) is 11.3 Å². The highest BCUT2D eigenvalue weighted by Crippen LogP contribution is 2.28. The summed E-state index contributed by atoms with van der Waals surface area (Å²) in [5.74, 6) is 1.21. The number of para-hydroxylation sites is 1. The number of hydrogen-bond acceptors (Lipinski definition) is 4. The number of nitrogens with zero attached hydrogens (tertiary/aromatic N) is 3. The minimum Gasteiger partial charge on any atom is -0.339 e. The second-order valence-electron chi connectivity index (χ2n) is 8.03. The topological polar surface area (TPSA) is 53.5 Å². The van der Waals surface area contributed by atoms with Gasteiger partial charge in [0, 0.05) is 45.4 Å². The molecule has 1 aromatic heterocycles. The Kier molecular flexibility index (Phi) is 6.25. The molecule has 1 aromatic carbocycles. The van der Waals surface area contributed by atoms with Gasteiger partial charge < -0.3 is 9.80 Å². The molecule has 1 aliphatic carbocycles. The maximum atomic E-state index is 12.6. The number of benzene rings is 1. The summed E-state index contributed by atoms with van der Waals surface area (Å²) < 4.78 is 1.18. The molecule has 2 aliphatic rings. The lowest BCUT2D eigenvalue weighted by Crippen LogP contribution is -2.50. The molecule has 0 radical (unpaired) electrons. The summed E-state index contributed by atoms with van der Waals surface area (Å²) in [5, 5.41) is 1.02. The molecule has 6 heteroatoms. The Balaban J connectivity index is 1.19.